The van der Waals surface area contributed by atoms with Crippen molar-refractivity contribution in [1.29, 1.82) is 0 Å². The molecular formula is C84H96Cl2N8O22. The summed E-state index contributed by atoms with van der Waals surface area (Å²) >= 11 is 14.3. The Morgan fingerprint density at radius 2 is 1.30 bits per heavy atom. The average Bonchev–Trinajstić information content (AvgIpc) is 0.757. The van der Waals surface area contributed by atoms with E-state index < -0.39 is 198 Å². The molecular weight excluding hydrogens is 1540 g/mol. The van der Waals surface area contributed by atoms with Gasteiger partial charge in [0.05, 0.1) is 21.9 Å². The normalized spacial score (nSPS) is 27.9. The van der Waals surface area contributed by atoms with E-state index in [-0.39, 0.29) is 103 Å². The number of aliphatic hydroxyl groups is 5. The number of nitrogens with two attached hydrogens (primary N) is 1. The molecule has 1 saturated heterocycles. The van der Waals surface area contributed by atoms with E-state index in [1.807, 2.05) is 20.8 Å². The molecule has 16 rings (SSSR count). The van der Waals surface area contributed by atoms with Crippen LogP contribution in [0, 0.1) is 47.3 Å². The number of urea groups is 1. The summed E-state index contributed by atoms with van der Waals surface area (Å²) in [6, 6.07) is 12.3. The van der Waals surface area contributed by atoms with E-state index >= 15 is 28.8 Å². The minimum Gasteiger partial charge on any atom is -0.508 e. The van der Waals surface area contributed by atoms with Gasteiger partial charge < -0.3 is 102 Å². The number of amides is 7. The fourth-order valence-corrected chi connectivity index (χ4v) is 18.1. The number of carbonyl (C=O) groups excluding carboxylic acids is 9. The van der Waals surface area contributed by atoms with Gasteiger partial charge in [0.1, 0.15) is 102 Å². The van der Waals surface area contributed by atoms with Gasteiger partial charge in [-0.05, 0) is 194 Å². The first kappa shape index (κ1) is 83.9. The molecule has 6 aromatic carbocycles. The molecule has 32 heteroatoms. The third kappa shape index (κ3) is 18.4. The molecule has 6 aliphatic heterocycles. The van der Waals surface area contributed by atoms with Gasteiger partial charge in [0.25, 0.3) is 0 Å². The lowest BCUT2D eigenvalue weighted by molar-refractivity contribution is -0.270. The first-order valence-electron chi connectivity index (χ1n) is 39.2. The zero-order chi connectivity index (χ0) is 82.8. The number of aliphatic hydroxyl groups excluding tert-OH is 5. The minimum atomic E-state index is -2.21. The maximum absolute atomic E-state index is 16.6. The Hall–Kier alpha value is -9.99. The quantitative estimate of drug-likeness (QED) is 0.0341. The second kappa shape index (κ2) is 35.9. The van der Waals surface area contributed by atoms with Crippen molar-refractivity contribution in [3.8, 4) is 62.9 Å². The fourth-order valence-electron chi connectivity index (χ4n) is 17.7. The molecule has 4 aliphatic carbocycles. The van der Waals surface area contributed by atoms with E-state index in [9.17, 15) is 55.2 Å². The lowest BCUT2D eigenvalue weighted by Crippen LogP contribution is -2.60. The van der Waals surface area contributed by atoms with Crippen LogP contribution in [0.15, 0.2) is 103 Å². The van der Waals surface area contributed by atoms with Crippen LogP contribution < -0.4 is 61.9 Å². The number of imide groups is 1. The van der Waals surface area contributed by atoms with E-state index in [1.54, 1.807) is 19.1 Å². The number of benzene rings is 6. The highest BCUT2D eigenvalue weighted by Gasteiger charge is 2.51. The van der Waals surface area contributed by atoms with Crippen molar-refractivity contribution in [2.45, 2.75) is 171 Å². The lowest BCUT2D eigenvalue weighted by Gasteiger charge is -2.54. The van der Waals surface area contributed by atoms with Gasteiger partial charge in [0, 0.05) is 67.6 Å². The van der Waals surface area contributed by atoms with Crippen molar-refractivity contribution >= 4 is 81.8 Å². The number of phenolic OH excluding ortho intramolecular Hbond substituents is 3. The van der Waals surface area contributed by atoms with Crippen molar-refractivity contribution in [2.24, 2.45) is 53.1 Å². The molecule has 4 saturated carbocycles. The summed E-state index contributed by atoms with van der Waals surface area (Å²) in [7, 11) is 0. The molecule has 6 heterocycles. The Balaban J connectivity index is 0.980. The molecule has 618 valence electrons. The average molecular weight is 1640 g/mol. The van der Waals surface area contributed by atoms with Gasteiger partial charge in [-0.2, -0.15) is 0 Å². The summed E-state index contributed by atoms with van der Waals surface area (Å²) in [6.45, 7) is 8.61. The molecule has 10 aliphatic rings. The molecule has 0 spiro atoms. The van der Waals surface area contributed by atoms with Crippen molar-refractivity contribution < 1.29 is 108 Å². The summed E-state index contributed by atoms with van der Waals surface area (Å²) < 4.78 is 31.5. The number of Topliss-reactive ketones (excluding diaryl/α,β-unsaturated/α-hetero) is 3. The highest BCUT2D eigenvalue weighted by Crippen LogP contribution is 2.58. The maximum atomic E-state index is 16.6. The maximum Gasteiger partial charge on any atom is 0.325 e. The number of hydrogen-bond acceptors (Lipinski definition) is 24. The number of rotatable bonds is 19. The first-order chi connectivity index (χ1) is 55.4. The fraction of sp³-hybridized carbons (Fsp3) is 0.464. The smallest absolute Gasteiger partial charge is 0.325 e. The number of ketones is 3. The molecule has 0 radical (unpaired) electrons. The number of ether oxygens (including phenoxy) is 5. The minimum absolute atomic E-state index is 0.0364. The lowest BCUT2D eigenvalue weighted by atomic mass is 9.51. The van der Waals surface area contributed by atoms with E-state index in [1.165, 1.54) is 60.7 Å². The largest absolute Gasteiger partial charge is 0.508 e. The standard InChI is InChI=1S/C84H96Cl2N8O22/c1-5-40(19-37(3)4)79(107)93-71-59(98)28-47(31-67(101)90-84(111)89-48-10-12-50(13-11-48)112-18-17-88-6-2)80(108)91-69-46-29-64(113-62-15-8-42(73(71)102)26-55(62)85)78(116-83-77(106)76(105)75(104)66(36-87)115-83)65(30-46)114-63-16-9-43(27-56(63)86)74(103)72-82(110)92-70(61(100)34-51-44-21-38-20-39(23-44)24-45(51)22-38)54-32-49(95)33-58(97)68(54)53-25-41(7-14-57(53)96)52(35-60(69)99)81(109)94-72/h7-16,25-27,29-30,32-33,37-40,44-45,47,51-52,66,69-77,83,88,95-97,102-106H,5-6,17-24,28,31,34-36,87H2,1-4H3,(H,91,108)(H,92,110)(H,93,107)(H,94,109)(H2,89,90,101,111)/t38?,39?,40-,44?,45?,47+,51?,52-,66-,69-,70+,71+,72+,73-,74-,75-,76+,77-,83+/m1/s1. The Morgan fingerprint density at radius 3 is 1.92 bits per heavy atom. The van der Waals surface area contributed by atoms with Crippen LogP contribution in [-0.4, -0.2) is 163 Å². The molecule has 5 fully saturated rings. The number of halogens is 2. The van der Waals surface area contributed by atoms with Gasteiger partial charge in [-0.15, -0.1) is 0 Å². The molecule has 0 unspecified atom stereocenters. The Kier molecular flexibility index (Phi) is 25.9. The highest BCUT2D eigenvalue weighted by molar-refractivity contribution is 6.32. The van der Waals surface area contributed by atoms with Crippen LogP contribution in [0.2, 0.25) is 10.0 Å². The van der Waals surface area contributed by atoms with Crippen LogP contribution in [0.1, 0.15) is 156 Å². The molecule has 6 aromatic rings. The zero-order valence-corrected chi connectivity index (χ0v) is 65.6. The van der Waals surface area contributed by atoms with E-state index in [0.717, 1.165) is 69.0 Å². The molecule has 116 heavy (non-hydrogen) atoms. The first-order valence-corrected chi connectivity index (χ1v) is 40.0. The molecule has 30 nitrogen and oxygen atoms in total. The number of phenols is 3. The molecule has 7 amide bonds. The highest BCUT2D eigenvalue weighted by atomic mass is 35.5. The Bertz CT molecular complexity index is 4730. The number of carbonyl (C=O) groups is 9. The third-order valence-electron chi connectivity index (χ3n) is 23.4. The van der Waals surface area contributed by atoms with Crippen LogP contribution in [0.4, 0.5) is 10.5 Å². The summed E-state index contributed by atoms with van der Waals surface area (Å²) in [6.07, 6.45) is -11.2. The predicted molar refractivity (Wildman–Crippen MR) is 419 cm³/mol. The van der Waals surface area contributed by atoms with Crippen LogP contribution in [0.25, 0.3) is 11.1 Å². The second-order valence-electron chi connectivity index (χ2n) is 31.8. The number of fused-ring (bicyclic) bond motifs is 15. The Labute approximate surface area is 677 Å². The number of likely N-dealkylation sites (N-methyl/N-ethyl adjacent to an activating group) is 1. The summed E-state index contributed by atoms with van der Waals surface area (Å²) in [5.74, 6) is -15.3. The molecule has 0 aromatic heterocycles. The Morgan fingerprint density at radius 1 is 0.655 bits per heavy atom. The second-order valence-corrected chi connectivity index (χ2v) is 32.6. The van der Waals surface area contributed by atoms with Crippen molar-refractivity contribution in [3.05, 3.63) is 141 Å². The molecule has 14 atom stereocenters. The van der Waals surface area contributed by atoms with Gasteiger partial charge >= 0.3 is 6.03 Å². The van der Waals surface area contributed by atoms with Crippen LogP contribution in [0.5, 0.6) is 51.7 Å². The van der Waals surface area contributed by atoms with Gasteiger partial charge in [0.2, 0.25) is 41.6 Å². The van der Waals surface area contributed by atoms with Gasteiger partial charge in [-0.3, -0.25) is 43.7 Å². The predicted octanol–water partition coefficient (Wildman–Crippen LogP) is 8.05. The zero-order valence-electron chi connectivity index (χ0n) is 64.1. The monoisotopic (exact) mass is 1640 g/mol. The van der Waals surface area contributed by atoms with Crippen molar-refractivity contribution in [2.75, 3.05) is 31.6 Å². The van der Waals surface area contributed by atoms with E-state index in [2.05, 4.69) is 37.2 Å². The van der Waals surface area contributed by atoms with Crippen molar-refractivity contribution in [1.82, 2.24) is 31.9 Å². The topological polar surface area (TPSA) is 472 Å². The summed E-state index contributed by atoms with van der Waals surface area (Å²) in [4.78, 5) is 138. The third-order valence-corrected chi connectivity index (χ3v) is 24.0. The SMILES string of the molecule is CCNCCOc1ccc(NC(=O)NC(=O)C[C@@H]2CC(=O)[C@H](NC(=O)[C@H](CC)CC(C)C)[C@H](O)c3ccc(c(Cl)c3)Oc3cc4cc(c3O[C@@H]3O[C@H](CN)[C@@H](O)[C@H](O)[C@H]3O)Oc3ccc(cc3Cl)[C@@H](O)[C@@H]3NC(=O)[C@H](CC(=O)[C@@H]4NC2=O)c2ccc(O)c(c2)-c2c(O)cc(O)cc2[C@@H](C(=O)CC2C4CC5CC(C4)CC2C5)NC3=O)cc1. The van der Waals surface area contributed by atoms with Gasteiger partial charge in [-0.25, -0.2) is 4.79 Å². The van der Waals surface area contributed by atoms with Crippen LogP contribution >= 0.6 is 23.2 Å². The number of anilines is 1. The summed E-state index contributed by atoms with van der Waals surface area (Å²) in [5, 5.41) is 113. The number of aromatic hydroxyl groups is 3. The summed E-state index contributed by atoms with van der Waals surface area (Å²) in [5.41, 5.74) is 4.66. The van der Waals surface area contributed by atoms with Crippen molar-refractivity contribution in [3.63, 3.8) is 0 Å². The molecule has 17 N–H and O–H groups in total. The van der Waals surface area contributed by atoms with E-state index in [0.29, 0.717) is 37.2 Å². The van der Waals surface area contributed by atoms with Gasteiger partial charge in [-0.1, -0.05) is 69.1 Å². The van der Waals surface area contributed by atoms with Crippen LogP contribution in [0.3, 0.4) is 0 Å². The van der Waals surface area contributed by atoms with E-state index in [4.69, 9.17) is 52.6 Å². The molecule has 15 bridgehead atoms. The van der Waals surface area contributed by atoms with Gasteiger partial charge in [0.15, 0.2) is 28.8 Å². The number of hydrogen-bond donors (Lipinski definition) is 16. The number of nitrogens with one attached hydrogen (secondary N) is 7. The van der Waals surface area contributed by atoms with Crippen LogP contribution in [-0.2, 0) is 43.1 Å².